The molecule has 16 heteroatoms. The topological polar surface area (TPSA) is 221 Å². The van der Waals surface area contributed by atoms with Crippen molar-refractivity contribution in [3.8, 4) is 17.1 Å². The van der Waals surface area contributed by atoms with Crippen LogP contribution in [0.15, 0.2) is 53.3 Å². The van der Waals surface area contributed by atoms with Gasteiger partial charge in [-0.25, -0.2) is 14.6 Å². The van der Waals surface area contributed by atoms with Crippen molar-refractivity contribution in [1.82, 2.24) is 19.8 Å². The number of nitrogens with zero attached hydrogens (tertiary/aromatic N) is 3. The molecule has 3 atom stereocenters. The second-order valence-electron chi connectivity index (χ2n) is 15.3. The van der Waals surface area contributed by atoms with Gasteiger partial charge in [0.25, 0.3) is 5.56 Å². The number of phenols is 1. The summed E-state index contributed by atoms with van der Waals surface area (Å²) in [5, 5.41) is 16.3. The number of amides is 3. The number of carbonyl (C=O) groups excluding carboxylic acids is 5. The van der Waals surface area contributed by atoms with E-state index in [-0.39, 0.29) is 73.9 Å². The third kappa shape index (κ3) is 8.49. The van der Waals surface area contributed by atoms with Crippen LogP contribution in [0, 0.1) is 5.92 Å². The molecular weight excluding hydrogens is 761 g/mol. The maximum atomic E-state index is 14.0. The standard InChI is InChI=1S/C43H50N6O10/c1-7-28-29-18-27(50)15-16-33(29)47-37-30(28)20-49-34(37)19-32-31(40(49)54)22-57-41(55)43(32,8-2)59-35(51)10-9-17-48(6)42(56)58-21-25-11-13-26(14-12-25)46-38(52)24(5)45-39(53)36(44)23(3)4/h11-16,18-19,23-24,36,50H,7-10,17,20-22,44H2,1-6H3,(H,45,53)(H,46,52)/t24-,36-,43-/m0/s1. The molecule has 312 valence electrons. The fourth-order valence-corrected chi connectivity index (χ4v) is 7.38. The Morgan fingerprint density at radius 3 is 2.44 bits per heavy atom. The number of hydrogen-bond donors (Lipinski definition) is 4. The largest absolute Gasteiger partial charge is 0.508 e. The minimum absolute atomic E-state index is 0.00942. The molecule has 59 heavy (non-hydrogen) atoms. The minimum atomic E-state index is -1.86. The summed E-state index contributed by atoms with van der Waals surface area (Å²) in [6.07, 6.45) is 0.0577. The molecule has 2 aliphatic rings. The van der Waals surface area contributed by atoms with Gasteiger partial charge in [0, 0.05) is 42.2 Å². The molecule has 0 bridgehead atoms. The summed E-state index contributed by atoms with van der Waals surface area (Å²) in [6, 6.07) is 11.8. The summed E-state index contributed by atoms with van der Waals surface area (Å²) >= 11 is 0. The molecule has 0 saturated heterocycles. The van der Waals surface area contributed by atoms with Crippen LogP contribution in [0.5, 0.6) is 5.75 Å². The third-order valence-electron chi connectivity index (χ3n) is 10.9. The SMILES string of the molecule is CCc1c2c(nc3ccc(O)cc13)-c1cc3c(c(=O)n1C2)COC(=O)[C@@]3(CC)OC(=O)CCCN(C)C(=O)OCc1ccc(NC(=O)[C@H](C)NC(=O)[C@@H](N)C(C)C)cc1. The molecule has 4 heterocycles. The lowest BCUT2D eigenvalue weighted by atomic mass is 9.85. The summed E-state index contributed by atoms with van der Waals surface area (Å²) in [6.45, 7) is 8.94. The van der Waals surface area contributed by atoms with E-state index in [0.29, 0.717) is 34.6 Å². The number of ether oxygens (including phenoxy) is 3. The van der Waals surface area contributed by atoms with E-state index in [1.54, 1.807) is 66.9 Å². The molecule has 2 aromatic carbocycles. The first-order valence-electron chi connectivity index (χ1n) is 19.7. The zero-order valence-electron chi connectivity index (χ0n) is 34.0. The van der Waals surface area contributed by atoms with E-state index in [9.17, 15) is 33.9 Å². The van der Waals surface area contributed by atoms with Gasteiger partial charge in [-0.05, 0) is 79.6 Å². The number of nitrogens with two attached hydrogens (primary N) is 1. The summed E-state index contributed by atoms with van der Waals surface area (Å²) in [5.41, 5.74) is 8.80. The number of carbonyl (C=O) groups is 5. The number of cyclic esters (lactones) is 1. The van der Waals surface area contributed by atoms with E-state index < -0.39 is 47.5 Å². The van der Waals surface area contributed by atoms with E-state index in [2.05, 4.69) is 10.6 Å². The Balaban J connectivity index is 1.05. The number of rotatable bonds is 14. The number of pyridine rings is 2. The van der Waals surface area contributed by atoms with E-state index >= 15 is 0 Å². The van der Waals surface area contributed by atoms with Crippen LogP contribution in [0.1, 0.15) is 81.7 Å². The number of benzene rings is 2. The fraction of sp³-hybridized carbons (Fsp3) is 0.419. The first-order valence-corrected chi connectivity index (χ1v) is 19.7. The molecule has 0 spiro atoms. The summed E-state index contributed by atoms with van der Waals surface area (Å²) < 4.78 is 18.4. The quantitative estimate of drug-likeness (QED) is 0.0907. The summed E-state index contributed by atoms with van der Waals surface area (Å²) in [4.78, 5) is 84.6. The maximum Gasteiger partial charge on any atom is 0.409 e. The lowest BCUT2D eigenvalue weighted by molar-refractivity contribution is -0.189. The van der Waals surface area contributed by atoms with Gasteiger partial charge in [-0.3, -0.25) is 19.2 Å². The van der Waals surface area contributed by atoms with Crippen LogP contribution in [0.2, 0.25) is 0 Å². The number of nitrogens with one attached hydrogen (secondary N) is 2. The van der Waals surface area contributed by atoms with Gasteiger partial charge >= 0.3 is 18.0 Å². The number of hydrogen-bond acceptors (Lipinski definition) is 12. The molecule has 0 aliphatic carbocycles. The zero-order valence-corrected chi connectivity index (χ0v) is 34.0. The molecule has 6 rings (SSSR count). The number of esters is 2. The normalized spacial score (nSPS) is 16.3. The molecule has 0 radical (unpaired) electrons. The van der Waals surface area contributed by atoms with Crippen LogP contribution in [0.25, 0.3) is 22.3 Å². The predicted molar refractivity (Wildman–Crippen MR) is 217 cm³/mol. The highest BCUT2D eigenvalue weighted by Gasteiger charge is 2.50. The fourth-order valence-electron chi connectivity index (χ4n) is 7.38. The lowest BCUT2D eigenvalue weighted by Gasteiger charge is -2.35. The van der Waals surface area contributed by atoms with Gasteiger partial charge in [0.05, 0.1) is 35.1 Å². The Morgan fingerprint density at radius 2 is 1.76 bits per heavy atom. The van der Waals surface area contributed by atoms with Gasteiger partial charge in [-0.2, -0.15) is 0 Å². The highest BCUT2D eigenvalue weighted by molar-refractivity contribution is 5.97. The van der Waals surface area contributed by atoms with E-state index in [4.69, 9.17) is 24.9 Å². The molecule has 2 aliphatic heterocycles. The number of anilines is 1. The molecule has 0 fully saturated rings. The van der Waals surface area contributed by atoms with Crippen molar-refractivity contribution in [3.05, 3.63) is 86.7 Å². The molecule has 3 amide bonds. The second-order valence-corrected chi connectivity index (χ2v) is 15.3. The highest BCUT2D eigenvalue weighted by atomic mass is 16.6. The third-order valence-corrected chi connectivity index (χ3v) is 10.9. The second kappa shape index (κ2) is 17.3. The van der Waals surface area contributed by atoms with Gasteiger partial charge in [0.2, 0.25) is 17.4 Å². The van der Waals surface area contributed by atoms with Crippen LogP contribution < -0.4 is 21.9 Å². The number of aryl methyl sites for hydroxylation is 1. The Morgan fingerprint density at radius 1 is 1.03 bits per heavy atom. The van der Waals surface area contributed by atoms with E-state index in [0.717, 1.165) is 16.5 Å². The molecule has 2 aromatic heterocycles. The zero-order chi connectivity index (χ0) is 42.8. The van der Waals surface area contributed by atoms with Gasteiger partial charge in [0.1, 0.15) is 25.0 Å². The molecule has 5 N–H and O–H groups in total. The van der Waals surface area contributed by atoms with E-state index in [1.165, 1.54) is 11.9 Å². The van der Waals surface area contributed by atoms with Crippen molar-refractivity contribution in [2.75, 3.05) is 18.9 Å². The number of phenolic OH excluding ortho intramolecular Hbond substituents is 1. The maximum absolute atomic E-state index is 14.0. The molecule has 0 saturated carbocycles. The molecule has 4 aromatic rings. The van der Waals surface area contributed by atoms with Crippen molar-refractivity contribution in [3.63, 3.8) is 0 Å². The first-order chi connectivity index (χ1) is 28.1. The van der Waals surface area contributed by atoms with Crippen molar-refractivity contribution in [1.29, 1.82) is 0 Å². The van der Waals surface area contributed by atoms with Gasteiger partial charge < -0.3 is 45.2 Å². The smallest absolute Gasteiger partial charge is 0.409 e. The van der Waals surface area contributed by atoms with Crippen molar-refractivity contribution in [2.45, 2.75) is 97.7 Å². The van der Waals surface area contributed by atoms with E-state index in [1.807, 2.05) is 20.8 Å². The average Bonchev–Trinajstić information content (AvgIpc) is 3.58. The van der Waals surface area contributed by atoms with Gasteiger partial charge in [-0.15, -0.1) is 0 Å². The minimum Gasteiger partial charge on any atom is -0.508 e. The average molecular weight is 811 g/mol. The Kier molecular flexibility index (Phi) is 12.4. The summed E-state index contributed by atoms with van der Waals surface area (Å²) in [5.74, 6) is -2.28. The first kappa shape index (κ1) is 42.3. The van der Waals surface area contributed by atoms with Gasteiger partial charge in [0.15, 0.2) is 0 Å². The Bertz CT molecular complexity index is 2380. The number of fused-ring (bicyclic) bond motifs is 5. The lowest BCUT2D eigenvalue weighted by Crippen LogP contribution is -2.50. The van der Waals surface area contributed by atoms with Crippen molar-refractivity contribution in [2.24, 2.45) is 11.7 Å². The van der Waals surface area contributed by atoms with Crippen LogP contribution in [0.3, 0.4) is 0 Å². The molecule has 16 nitrogen and oxygen atoms in total. The monoisotopic (exact) mass is 810 g/mol. The predicted octanol–water partition coefficient (Wildman–Crippen LogP) is 4.37. The van der Waals surface area contributed by atoms with Crippen molar-refractivity contribution >= 4 is 46.4 Å². The number of aromatic hydroxyl groups is 1. The van der Waals surface area contributed by atoms with Crippen LogP contribution in [-0.4, -0.2) is 75.1 Å². The van der Waals surface area contributed by atoms with Gasteiger partial charge in [-0.1, -0.05) is 39.8 Å². The molecule has 0 unspecified atom stereocenters. The van der Waals surface area contributed by atoms with Crippen LogP contribution in [-0.2, 0) is 65.2 Å². The highest BCUT2D eigenvalue weighted by Crippen LogP contribution is 2.42. The van der Waals surface area contributed by atoms with Crippen LogP contribution >= 0.6 is 0 Å². The number of aromatic nitrogens is 2. The van der Waals surface area contributed by atoms with Crippen molar-refractivity contribution < 1.29 is 43.3 Å². The molecular formula is C43H50N6O10. The Hall–Kier alpha value is -6.29. The summed E-state index contributed by atoms with van der Waals surface area (Å²) in [7, 11) is 1.53. The van der Waals surface area contributed by atoms with Crippen LogP contribution in [0.4, 0.5) is 10.5 Å². The Labute approximate surface area is 341 Å².